The summed E-state index contributed by atoms with van der Waals surface area (Å²) in [4.78, 5) is 10.3. The number of hydrogen-bond donors (Lipinski definition) is 5. The highest BCUT2D eigenvalue weighted by molar-refractivity contribution is 7.80. The second kappa shape index (κ2) is 4.48. The molecule has 0 aliphatic carbocycles. The van der Waals surface area contributed by atoms with E-state index in [1.54, 1.807) is 0 Å². The number of thiocarbonyl (C=S) groups is 1. The van der Waals surface area contributed by atoms with E-state index in [4.69, 9.17) is 23.2 Å². The normalized spacial score (nSPS) is 9.50. The van der Waals surface area contributed by atoms with Crippen LogP contribution in [0.4, 0.5) is 5.82 Å². The van der Waals surface area contributed by atoms with Crippen LogP contribution in [0.25, 0.3) is 0 Å². The molecule has 1 rings (SSSR count). The number of aliphatic carboxylic acids is 1. The van der Waals surface area contributed by atoms with E-state index in [1.807, 2.05) is 0 Å². The van der Waals surface area contributed by atoms with Gasteiger partial charge in [-0.05, 0) is 12.2 Å². The maximum atomic E-state index is 10.3. The molecule has 0 saturated carbocycles. The minimum atomic E-state index is -0.968. The number of carboxylic acid groups (broad SMARTS) is 1. The molecule has 0 aromatic carbocycles. The van der Waals surface area contributed by atoms with Gasteiger partial charge in [-0.25, -0.2) is 10.6 Å². The second-order valence-corrected chi connectivity index (χ2v) is 2.75. The summed E-state index contributed by atoms with van der Waals surface area (Å²) >= 11 is 4.71. The molecule has 0 saturated heterocycles. The molecule has 0 amide bonds. The number of carboxylic acids is 1. The van der Waals surface area contributed by atoms with E-state index in [2.05, 4.69) is 21.1 Å². The number of anilines is 1. The summed E-state index contributed by atoms with van der Waals surface area (Å²) in [6, 6.07) is 0. The summed E-state index contributed by atoms with van der Waals surface area (Å²) < 4.78 is 1.28. The lowest BCUT2D eigenvalue weighted by Crippen LogP contribution is -2.39. The third-order valence-corrected chi connectivity index (χ3v) is 1.48. The summed E-state index contributed by atoms with van der Waals surface area (Å²) in [6.07, 6.45) is 1.46. The highest BCUT2D eigenvalue weighted by Crippen LogP contribution is 1.93. The number of hydrogen-bond acceptors (Lipinski definition) is 4. The number of nitrogens with two attached hydrogens (primary N) is 1. The maximum absolute atomic E-state index is 10.3. The molecule has 8 nitrogen and oxygen atoms in total. The second-order valence-electron chi connectivity index (χ2n) is 2.35. The van der Waals surface area contributed by atoms with Crippen LogP contribution in [0.2, 0.25) is 0 Å². The van der Waals surface area contributed by atoms with Crippen molar-refractivity contribution in [2.24, 2.45) is 5.84 Å². The first kappa shape index (κ1) is 10.3. The molecule has 0 unspecified atom stereocenters. The Hall–Kier alpha value is -1.74. The van der Waals surface area contributed by atoms with Crippen molar-refractivity contribution >= 4 is 29.1 Å². The number of hydrazine groups is 1. The van der Waals surface area contributed by atoms with Gasteiger partial charge in [0.15, 0.2) is 11.3 Å². The monoisotopic (exact) mass is 217 g/mol. The Labute approximate surface area is 84.0 Å². The van der Waals surface area contributed by atoms with Crippen molar-refractivity contribution in [2.45, 2.75) is 6.54 Å². The van der Waals surface area contributed by atoms with Gasteiger partial charge in [0.05, 0.1) is 5.10 Å². The average Bonchev–Trinajstić information content (AvgIpc) is 2.51. The fraction of sp³-hybridized carbons (Fsp3) is 0.200. The van der Waals surface area contributed by atoms with Gasteiger partial charge in [-0.15, -0.1) is 4.68 Å². The van der Waals surface area contributed by atoms with Crippen LogP contribution < -0.4 is 21.3 Å². The zero-order chi connectivity index (χ0) is 10.6. The quantitative estimate of drug-likeness (QED) is 0.171. The summed E-state index contributed by atoms with van der Waals surface area (Å²) in [7, 11) is 0. The standard InChI is InChI=1S/C5H8N6O2S/c6-8-5(14)7-3-1-11(10-9-3)2-4(12)13/h1H,2H2,(H5,6,7,8,9,10,12,13,14)/p+1. The number of aromatic nitrogens is 3. The Morgan fingerprint density at radius 2 is 2.57 bits per heavy atom. The van der Waals surface area contributed by atoms with E-state index in [1.165, 1.54) is 10.9 Å². The van der Waals surface area contributed by atoms with Crippen LogP contribution in [0, 0.1) is 0 Å². The van der Waals surface area contributed by atoms with Crippen LogP contribution >= 0.6 is 12.2 Å². The molecule has 6 N–H and O–H groups in total. The Morgan fingerprint density at radius 1 is 1.86 bits per heavy atom. The molecule has 0 atom stereocenters. The number of aromatic amines is 1. The van der Waals surface area contributed by atoms with Crippen molar-refractivity contribution in [3.05, 3.63) is 6.20 Å². The predicted molar refractivity (Wildman–Crippen MR) is 50.0 cm³/mol. The van der Waals surface area contributed by atoms with E-state index in [9.17, 15) is 4.79 Å². The first-order valence-electron chi connectivity index (χ1n) is 3.56. The molecule has 14 heavy (non-hydrogen) atoms. The lowest BCUT2D eigenvalue weighted by molar-refractivity contribution is -0.743. The molecule has 1 heterocycles. The molecule has 0 fully saturated rings. The van der Waals surface area contributed by atoms with Crippen LogP contribution in [0.5, 0.6) is 0 Å². The highest BCUT2D eigenvalue weighted by atomic mass is 32.1. The number of H-pyrrole nitrogens is 1. The third-order valence-electron chi connectivity index (χ3n) is 1.26. The summed E-state index contributed by atoms with van der Waals surface area (Å²) in [5.74, 6) is 4.43. The molecule has 1 aromatic heterocycles. The first-order valence-corrected chi connectivity index (χ1v) is 3.97. The van der Waals surface area contributed by atoms with Gasteiger partial charge in [-0.3, -0.25) is 5.32 Å². The fourth-order valence-electron chi connectivity index (χ4n) is 0.763. The van der Waals surface area contributed by atoms with Crippen molar-refractivity contribution in [3.63, 3.8) is 0 Å². The molecule has 0 aliphatic rings. The Kier molecular flexibility index (Phi) is 3.31. The van der Waals surface area contributed by atoms with Crippen LogP contribution in [-0.4, -0.2) is 26.5 Å². The van der Waals surface area contributed by atoms with Crippen molar-refractivity contribution in [1.29, 1.82) is 0 Å². The summed E-state index contributed by atoms with van der Waals surface area (Å²) in [5.41, 5.74) is 2.20. The first-order chi connectivity index (χ1) is 6.61. The van der Waals surface area contributed by atoms with Gasteiger partial charge in [0.1, 0.15) is 0 Å². The van der Waals surface area contributed by atoms with Crippen LogP contribution in [0.15, 0.2) is 6.20 Å². The van der Waals surface area contributed by atoms with Gasteiger partial charge in [0.25, 0.3) is 0 Å². The summed E-state index contributed by atoms with van der Waals surface area (Å²) in [5, 5.41) is 17.5. The molecule has 0 radical (unpaired) electrons. The minimum Gasteiger partial charge on any atom is -0.478 e. The molecular formula is C5H9N6O2S+. The van der Waals surface area contributed by atoms with Crippen LogP contribution in [-0.2, 0) is 11.3 Å². The number of rotatable bonds is 3. The number of nitrogens with one attached hydrogen (secondary N) is 3. The molecule has 0 bridgehead atoms. The largest absolute Gasteiger partial charge is 0.478 e. The minimum absolute atomic E-state index is 0.193. The SMILES string of the molecule is NNC(=S)Nc1c[n+](CC(=O)O)[nH]n1. The van der Waals surface area contributed by atoms with Crippen molar-refractivity contribution in [3.8, 4) is 0 Å². The lowest BCUT2D eigenvalue weighted by Gasteiger charge is -1.97. The molecule has 0 aliphatic heterocycles. The molecule has 0 spiro atoms. The van der Waals surface area contributed by atoms with E-state index in [-0.39, 0.29) is 11.7 Å². The van der Waals surface area contributed by atoms with Crippen molar-refractivity contribution in [1.82, 2.24) is 15.7 Å². The highest BCUT2D eigenvalue weighted by Gasteiger charge is 2.11. The Morgan fingerprint density at radius 3 is 3.14 bits per heavy atom. The predicted octanol–water partition coefficient (Wildman–Crippen LogP) is -2.06. The third kappa shape index (κ3) is 2.95. The topological polar surface area (TPSA) is 120 Å². The lowest BCUT2D eigenvalue weighted by atomic mass is 10.6. The smallest absolute Gasteiger partial charge is 0.348 e. The van der Waals surface area contributed by atoms with Crippen molar-refractivity contribution < 1.29 is 14.6 Å². The molecule has 9 heteroatoms. The Balaban J connectivity index is 2.59. The average molecular weight is 217 g/mol. The van der Waals surface area contributed by atoms with Crippen LogP contribution in [0.3, 0.4) is 0 Å². The number of carbonyl (C=O) groups is 1. The van der Waals surface area contributed by atoms with E-state index >= 15 is 0 Å². The van der Waals surface area contributed by atoms with E-state index < -0.39 is 5.97 Å². The summed E-state index contributed by atoms with van der Waals surface area (Å²) in [6.45, 7) is -0.197. The molecular weight excluding hydrogens is 208 g/mol. The van der Waals surface area contributed by atoms with Gasteiger partial charge >= 0.3 is 11.8 Å². The van der Waals surface area contributed by atoms with E-state index in [0.29, 0.717) is 5.82 Å². The maximum Gasteiger partial charge on any atom is 0.348 e. The zero-order valence-corrected chi connectivity index (χ0v) is 7.84. The number of nitrogens with zero attached hydrogens (tertiary/aromatic N) is 2. The van der Waals surface area contributed by atoms with E-state index in [0.717, 1.165) is 0 Å². The zero-order valence-electron chi connectivity index (χ0n) is 7.02. The fourth-order valence-corrected chi connectivity index (χ4v) is 0.867. The van der Waals surface area contributed by atoms with Crippen molar-refractivity contribution in [2.75, 3.05) is 5.32 Å². The molecule has 76 valence electrons. The van der Waals surface area contributed by atoms with Gasteiger partial charge < -0.3 is 10.5 Å². The van der Waals surface area contributed by atoms with Gasteiger partial charge in [-0.1, -0.05) is 5.21 Å². The van der Waals surface area contributed by atoms with Crippen LogP contribution in [0.1, 0.15) is 0 Å². The van der Waals surface area contributed by atoms with Gasteiger partial charge in [0, 0.05) is 0 Å². The Bertz CT molecular complexity index is 350. The van der Waals surface area contributed by atoms with Gasteiger partial charge in [-0.2, -0.15) is 0 Å². The van der Waals surface area contributed by atoms with Gasteiger partial charge in [0.2, 0.25) is 6.54 Å². The molecule has 1 aromatic rings.